The topological polar surface area (TPSA) is 67.8 Å². The summed E-state index contributed by atoms with van der Waals surface area (Å²) in [7, 11) is 0. The van der Waals surface area contributed by atoms with E-state index in [0.717, 1.165) is 19.4 Å². The maximum absolute atomic E-state index is 11.6. The van der Waals surface area contributed by atoms with Gasteiger partial charge in [-0.05, 0) is 12.8 Å². The van der Waals surface area contributed by atoms with Crippen molar-refractivity contribution in [3.8, 4) is 0 Å². The quantitative estimate of drug-likeness (QED) is 0.702. The smallest absolute Gasteiger partial charge is 0.222 e. The standard InChI is InChI=1S/C11H19NO4/c13-10(6-9-2-1-4-16-9)12-7-11(14)3-5-15-8-11/h9,14H,1-8H2,(H,12,13). The molecule has 5 nitrogen and oxygen atoms in total. The molecule has 2 atom stereocenters. The van der Waals surface area contributed by atoms with Gasteiger partial charge >= 0.3 is 0 Å². The molecule has 0 aromatic heterocycles. The van der Waals surface area contributed by atoms with E-state index in [1.54, 1.807) is 0 Å². The Morgan fingerprint density at radius 1 is 1.50 bits per heavy atom. The Morgan fingerprint density at radius 3 is 3.00 bits per heavy atom. The van der Waals surface area contributed by atoms with Gasteiger partial charge in [-0.2, -0.15) is 0 Å². The second kappa shape index (κ2) is 5.12. The third-order valence-electron chi connectivity index (χ3n) is 3.13. The summed E-state index contributed by atoms with van der Waals surface area (Å²) >= 11 is 0. The van der Waals surface area contributed by atoms with Crippen LogP contribution >= 0.6 is 0 Å². The Balaban J connectivity index is 1.66. The van der Waals surface area contributed by atoms with Crippen LogP contribution in [0.15, 0.2) is 0 Å². The van der Waals surface area contributed by atoms with Crippen molar-refractivity contribution in [2.24, 2.45) is 0 Å². The summed E-state index contributed by atoms with van der Waals surface area (Å²) < 4.78 is 10.5. The molecule has 0 radical (unpaired) electrons. The maximum Gasteiger partial charge on any atom is 0.222 e. The molecule has 5 heteroatoms. The molecule has 2 fully saturated rings. The van der Waals surface area contributed by atoms with Crippen LogP contribution in [0.3, 0.4) is 0 Å². The van der Waals surface area contributed by atoms with Gasteiger partial charge in [-0.1, -0.05) is 0 Å². The lowest BCUT2D eigenvalue weighted by Gasteiger charge is -2.21. The van der Waals surface area contributed by atoms with Crippen LogP contribution in [0.2, 0.25) is 0 Å². The molecule has 16 heavy (non-hydrogen) atoms. The van der Waals surface area contributed by atoms with E-state index < -0.39 is 5.60 Å². The molecule has 0 saturated carbocycles. The summed E-state index contributed by atoms with van der Waals surface area (Å²) in [6.45, 7) is 1.92. The molecule has 2 heterocycles. The van der Waals surface area contributed by atoms with E-state index in [9.17, 15) is 9.90 Å². The van der Waals surface area contributed by atoms with Crippen molar-refractivity contribution in [2.45, 2.75) is 37.4 Å². The number of rotatable bonds is 4. The summed E-state index contributed by atoms with van der Waals surface area (Å²) in [6, 6.07) is 0. The van der Waals surface area contributed by atoms with Gasteiger partial charge in [-0.25, -0.2) is 0 Å². The SMILES string of the molecule is O=C(CC1CCCO1)NCC1(O)CCOC1. The molecule has 2 aliphatic heterocycles. The number of nitrogens with one attached hydrogen (secondary N) is 1. The molecular formula is C11H19NO4. The summed E-state index contributed by atoms with van der Waals surface area (Å²) in [5.74, 6) is -0.0489. The molecule has 1 amide bonds. The monoisotopic (exact) mass is 229 g/mol. The second-order valence-corrected chi connectivity index (χ2v) is 4.64. The van der Waals surface area contributed by atoms with Crippen molar-refractivity contribution in [1.29, 1.82) is 0 Å². The Bertz CT molecular complexity index is 244. The van der Waals surface area contributed by atoms with Crippen LogP contribution in [-0.2, 0) is 14.3 Å². The van der Waals surface area contributed by atoms with Crippen LogP contribution in [0.1, 0.15) is 25.7 Å². The molecule has 2 unspecified atom stereocenters. The van der Waals surface area contributed by atoms with E-state index in [4.69, 9.17) is 9.47 Å². The molecule has 0 aromatic rings. The van der Waals surface area contributed by atoms with E-state index in [-0.39, 0.29) is 18.6 Å². The lowest BCUT2D eigenvalue weighted by atomic mass is 10.0. The molecule has 0 spiro atoms. The average molecular weight is 229 g/mol. The van der Waals surface area contributed by atoms with E-state index in [2.05, 4.69) is 5.32 Å². The number of carbonyl (C=O) groups is 1. The van der Waals surface area contributed by atoms with Crippen molar-refractivity contribution in [1.82, 2.24) is 5.32 Å². The molecule has 2 rings (SSSR count). The highest BCUT2D eigenvalue weighted by Crippen LogP contribution is 2.18. The second-order valence-electron chi connectivity index (χ2n) is 4.64. The highest BCUT2D eigenvalue weighted by atomic mass is 16.5. The molecule has 92 valence electrons. The predicted molar refractivity (Wildman–Crippen MR) is 57.0 cm³/mol. The lowest BCUT2D eigenvalue weighted by molar-refractivity contribution is -0.124. The number of hydrogen-bond acceptors (Lipinski definition) is 4. The van der Waals surface area contributed by atoms with Gasteiger partial charge in [0.15, 0.2) is 0 Å². The molecule has 0 aromatic carbocycles. The predicted octanol–water partition coefficient (Wildman–Crippen LogP) is -0.177. The first-order chi connectivity index (χ1) is 7.68. The van der Waals surface area contributed by atoms with Crippen molar-refractivity contribution in [3.05, 3.63) is 0 Å². The van der Waals surface area contributed by atoms with Crippen molar-refractivity contribution >= 4 is 5.91 Å². The zero-order chi connectivity index (χ0) is 11.4. The third kappa shape index (κ3) is 3.17. The summed E-state index contributed by atoms with van der Waals surface area (Å²) in [6.07, 6.45) is 3.05. The van der Waals surface area contributed by atoms with E-state index in [0.29, 0.717) is 26.1 Å². The van der Waals surface area contributed by atoms with Crippen LogP contribution in [0.25, 0.3) is 0 Å². The first kappa shape index (κ1) is 11.8. The minimum atomic E-state index is -0.869. The maximum atomic E-state index is 11.6. The molecule has 2 saturated heterocycles. The van der Waals surface area contributed by atoms with Crippen LogP contribution in [0, 0.1) is 0 Å². The van der Waals surface area contributed by atoms with Crippen molar-refractivity contribution < 1.29 is 19.4 Å². The van der Waals surface area contributed by atoms with Gasteiger partial charge in [-0.15, -0.1) is 0 Å². The van der Waals surface area contributed by atoms with Gasteiger partial charge in [-0.3, -0.25) is 4.79 Å². The first-order valence-electron chi connectivity index (χ1n) is 5.86. The fourth-order valence-electron chi connectivity index (χ4n) is 2.08. The molecule has 0 bridgehead atoms. The van der Waals surface area contributed by atoms with Gasteiger partial charge in [0.1, 0.15) is 5.60 Å². The highest BCUT2D eigenvalue weighted by Gasteiger charge is 2.32. The normalized spacial score (nSPS) is 34.2. The fourth-order valence-corrected chi connectivity index (χ4v) is 2.08. The number of aliphatic hydroxyl groups is 1. The van der Waals surface area contributed by atoms with Gasteiger partial charge < -0.3 is 19.9 Å². The Hall–Kier alpha value is -0.650. The number of ether oxygens (including phenoxy) is 2. The number of carbonyl (C=O) groups excluding carboxylic acids is 1. The first-order valence-corrected chi connectivity index (χ1v) is 5.86. The average Bonchev–Trinajstić information content (AvgIpc) is 2.88. The summed E-state index contributed by atoms with van der Waals surface area (Å²) in [5.41, 5.74) is -0.869. The van der Waals surface area contributed by atoms with Gasteiger partial charge in [0.05, 0.1) is 19.1 Å². The molecular weight excluding hydrogens is 210 g/mol. The Labute approximate surface area is 95.1 Å². The van der Waals surface area contributed by atoms with Gasteiger partial charge in [0, 0.05) is 26.2 Å². The third-order valence-corrected chi connectivity index (χ3v) is 3.13. The van der Waals surface area contributed by atoms with Crippen molar-refractivity contribution in [3.63, 3.8) is 0 Å². The van der Waals surface area contributed by atoms with E-state index >= 15 is 0 Å². The molecule has 2 aliphatic rings. The number of amides is 1. The van der Waals surface area contributed by atoms with Gasteiger partial charge in [0.2, 0.25) is 5.91 Å². The molecule has 2 N–H and O–H groups in total. The molecule has 0 aliphatic carbocycles. The largest absolute Gasteiger partial charge is 0.386 e. The van der Waals surface area contributed by atoms with Crippen LogP contribution < -0.4 is 5.32 Å². The van der Waals surface area contributed by atoms with Crippen LogP contribution in [-0.4, -0.2) is 49.1 Å². The Kier molecular flexibility index (Phi) is 3.78. The van der Waals surface area contributed by atoms with Gasteiger partial charge in [0.25, 0.3) is 0 Å². The lowest BCUT2D eigenvalue weighted by Crippen LogP contribution is -2.43. The zero-order valence-electron chi connectivity index (χ0n) is 9.41. The van der Waals surface area contributed by atoms with Crippen LogP contribution in [0.4, 0.5) is 0 Å². The zero-order valence-corrected chi connectivity index (χ0v) is 9.41. The van der Waals surface area contributed by atoms with Crippen LogP contribution in [0.5, 0.6) is 0 Å². The summed E-state index contributed by atoms with van der Waals surface area (Å²) in [4.78, 5) is 11.6. The van der Waals surface area contributed by atoms with Crippen molar-refractivity contribution in [2.75, 3.05) is 26.4 Å². The summed E-state index contributed by atoms with van der Waals surface area (Å²) in [5, 5.41) is 12.7. The van der Waals surface area contributed by atoms with E-state index in [1.807, 2.05) is 0 Å². The minimum Gasteiger partial charge on any atom is -0.386 e. The Morgan fingerprint density at radius 2 is 2.38 bits per heavy atom. The number of hydrogen-bond donors (Lipinski definition) is 2. The highest BCUT2D eigenvalue weighted by molar-refractivity contribution is 5.76. The van der Waals surface area contributed by atoms with E-state index in [1.165, 1.54) is 0 Å². The fraction of sp³-hybridized carbons (Fsp3) is 0.909. The minimum absolute atomic E-state index is 0.0489.